The van der Waals surface area contributed by atoms with Gasteiger partial charge in [0.2, 0.25) is 0 Å². The molecule has 0 bridgehead atoms. The van der Waals surface area contributed by atoms with Gasteiger partial charge in [0, 0.05) is 17.0 Å². The van der Waals surface area contributed by atoms with Gasteiger partial charge in [-0.1, -0.05) is 18.2 Å². The fraction of sp³-hybridized carbons (Fsp3) is 0.176. The van der Waals surface area contributed by atoms with Gasteiger partial charge in [-0.05, 0) is 37.1 Å². The average molecular weight is 288 g/mol. The molecule has 0 aliphatic heterocycles. The summed E-state index contributed by atoms with van der Waals surface area (Å²) in [5, 5.41) is 11.2. The highest BCUT2D eigenvalue weighted by atomic mass is 19.1. The van der Waals surface area contributed by atoms with Gasteiger partial charge in [-0.15, -0.1) is 0 Å². The van der Waals surface area contributed by atoms with E-state index in [-0.39, 0.29) is 16.9 Å². The van der Waals surface area contributed by atoms with Crippen LogP contribution in [-0.2, 0) is 0 Å². The lowest BCUT2D eigenvalue weighted by molar-refractivity contribution is 0.187. The second-order valence-electron chi connectivity index (χ2n) is 5.17. The highest BCUT2D eigenvalue weighted by molar-refractivity contribution is 5.81. The van der Waals surface area contributed by atoms with E-state index in [1.54, 1.807) is 6.07 Å². The summed E-state index contributed by atoms with van der Waals surface area (Å²) >= 11 is 0. The zero-order valence-corrected chi connectivity index (χ0v) is 11.7. The monoisotopic (exact) mass is 288 g/mol. The molecule has 0 spiro atoms. The molecule has 0 saturated carbocycles. The molecule has 0 saturated heterocycles. The topological polar surface area (TPSA) is 33.4 Å². The van der Waals surface area contributed by atoms with Gasteiger partial charge in [-0.3, -0.25) is 0 Å². The minimum absolute atomic E-state index is 0.00519. The number of fused-ring (bicyclic) bond motifs is 1. The molecular formula is C17H14F2O2. The zero-order chi connectivity index (χ0) is 15.1. The predicted octanol–water partition coefficient (Wildman–Crippen LogP) is 4.41. The van der Waals surface area contributed by atoms with Gasteiger partial charge in [-0.25, -0.2) is 8.78 Å². The number of benzene rings is 2. The Morgan fingerprint density at radius 1 is 1.00 bits per heavy atom. The summed E-state index contributed by atoms with van der Waals surface area (Å²) in [6.45, 7) is 3.42. The Kier molecular flexibility index (Phi) is 3.26. The first-order valence-corrected chi connectivity index (χ1v) is 6.60. The summed E-state index contributed by atoms with van der Waals surface area (Å²) < 4.78 is 32.8. The average Bonchev–Trinajstić information content (AvgIpc) is 2.87. The van der Waals surface area contributed by atoms with Crippen LogP contribution in [0.15, 0.2) is 40.8 Å². The molecule has 4 heteroatoms. The maximum absolute atomic E-state index is 13.9. The van der Waals surface area contributed by atoms with Crippen molar-refractivity contribution in [3.05, 3.63) is 70.5 Å². The van der Waals surface area contributed by atoms with Crippen LogP contribution < -0.4 is 0 Å². The Bertz CT molecular complexity index is 821. The number of rotatable bonds is 2. The van der Waals surface area contributed by atoms with Gasteiger partial charge in [0.05, 0.1) is 0 Å². The highest BCUT2D eigenvalue weighted by Crippen LogP contribution is 2.31. The maximum Gasteiger partial charge on any atom is 0.139 e. The molecular weight excluding hydrogens is 274 g/mol. The normalized spacial score (nSPS) is 12.8. The van der Waals surface area contributed by atoms with E-state index in [0.717, 1.165) is 17.0 Å². The van der Waals surface area contributed by atoms with Crippen molar-refractivity contribution in [3.63, 3.8) is 0 Å². The van der Waals surface area contributed by atoms with Gasteiger partial charge in [0.15, 0.2) is 0 Å². The second-order valence-corrected chi connectivity index (χ2v) is 5.17. The number of halogens is 2. The van der Waals surface area contributed by atoms with Crippen LogP contribution in [0.1, 0.15) is 28.6 Å². The first kappa shape index (κ1) is 13.8. The third-order valence-electron chi connectivity index (χ3n) is 3.60. The standard InChI is InChI=1S/C17H14F2O2/c1-9-4-3-5-11-7-15(21-17(9)11)16(20)12-6-10(2)13(18)8-14(12)19/h3-8,16,20H,1-2H3. The number of aryl methyl sites for hydroxylation is 2. The number of hydrogen-bond donors (Lipinski definition) is 1. The molecule has 0 radical (unpaired) electrons. The van der Waals surface area contributed by atoms with Crippen LogP contribution in [0, 0.1) is 25.5 Å². The molecule has 108 valence electrons. The van der Waals surface area contributed by atoms with Crippen LogP contribution in [0.5, 0.6) is 0 Å². The van der Waals surface area contributed by atoms with E-state index in [1.165, 1.54) is 13.0 Å². The van der Waals surface area contributed by atoms with Crippen LogP contribution in [0.25, 0.3) is 11.0 Å². The Morgan fingerprint density at radius 2 is 1.76 bits per heavy atom. The molecule has 1 N–H and O–H groups in total. The van der Waals surface area contributed by atoms with E-state index in [0.29, 0.717) is 5.58 Å². The summed E-state index contributed by atoms with van der Waals surface area (Å²) in [6, 6.07) is 9.38. The smallest absolute Gasteiger partial charge is 0.139 e. The fourth-order valence-corrected chi connectivity index (χ4v) is 2.41. The fourth-order valence-electron chi connectivity index (χ4n) is 2.41. The van der Waals surface area contributed by atoms with E-state index in [2.05, 4.69) is 0 Å². The van der Waals surface area contributed by atoms with Crippen molar-refractivity contribution >= 4 is 11.0 Å². The maximum atomic E-state index is 13.9. The molecule has 1 unspecified atom stereocenters. The number of para-hydroxylation sites is 1. The van der Waals surface area contributed by atoms with Crippen LogP contribution >= 0.6 is 0 Å². The number of furan rings is 1. The first-order valence-electron chi connectivity index (χ1n) is 6.60. The molecule has 1 aromatic heterocycles. The third-order valence-corrected chi connectivity index (χ3v) is 3.60. The molecule has 0 fully saturated rings. The Balaban J connectivity index is 2.10. The number of aliphatic hydroxyl groups excluding tert-OH is 1. The molecule has 2 aromatic carbocycles. The SMILES string of the molecule is Cc1cc(C(O)c2cc3cccc(C)c3o2)c(F)cc1F. The molecule has 1 heterocycles. The zero-order valence-electron chi connectivity index (χ0n) is 11.7. The molecule has 0 aliphatic rings. The van der Waals surface area contributed by atoms with Gasteiger partial charge in [0.1, 0.15) is 29.1 Å². The minimum Gasteiger partial charge on any atom is -0.458 e. The first-order chi connectivity index (χ1) is 9.97. The molecule has 0 amide bonds. The van der Waals surface area contributed by atoms with E-state index >= 15 is 0 Å². The molecule has 0 aliphatic carbocycles. The van der Waals surface area contributed by atoms with Crippen LogP contribution in [-0.4, -0.2) is 5.11 Å². The molecule has 21 heavy (non-hydrogen) atoms. The van der Waals surface area contributed by atoms with Gasteiger partial charge in [0.25, 0.3) is 0 Å². The van der Waals surface area contributed by atoms with Crippen molar-refractivity contribution in [3.8, 4) is 0 Å². The summed E-state index contributed by atoms with van der Waals surface area (Å²) in [7, 11) is 0. The van der Waals surface area contributed by atoms with E-state index in [1.807, 2.05) is 25.1 Å². The Hall–Kier alpha value is -2.20. The van der Waals surface area contributed by atoms with E-state index in [4.69, 9.17) is 4.42 Å². The van der Waals surface area contributed by atoms with Gasteiger partial charge in [-0.2, -0.15) is 0 Å². The van der Waals surface area contributed by atoms with Crippen molar-refractivity contribution in [2.45, 2.75) is 20.0 Å². The molecule has 1 atom stereocenters. The Morgan fingerprint density at radius 3 is 2.48 bits per heavy atom. The molecule has 3 aromatic rings. The Labute approximate surface area is 120 Å². The van der Waals surface area contributed by atoms with Crippen molar-refractivity contribution < 1.29 is 18.3 Å². The lowest BCUT2D eigenvalue weighted by Crippen LogP contribution is -2.03. The highest BCUT2D eigenvalue weighted by Gasteiger charge is 2.21. The van der Waals surface area contributed by atoms with Crippen LogP contribution in [0.2, 0.25) is 0 Å². The summed E-state index contributed by atoms with van der Waals surface area (Å²) in [5.74, 6) is -1.18. The summed E-state index contributed by atoms with van der Waals surface area (Å²) in [6.07, 6.45) is -1.27. The van der Waals surface area contributed by atoms with Gasteiger partial charge < -0.3 is 9.52 Å². The second kappa shape index (κ2) is 4.97. The number of hydrogen-bond acceptors (Lipinski definition) is 2. The largest absolute Gasteiger partial charge is 0.458 e. The van der Waals surface area contributed by atoms with Crippen molar-refractivity contribution in [2.75, 3.05) is 0 Å². The molecule has 2 nitrogen and oxygen atoms in total. The van der Waals surface area contributed by atoms with Crippen molar-refractivity contribution in [1.29, 1.82) is 0 Å². The number of aliphatic hydroxyl groups is 1. The molecule has 3 rings (SSSR count). The van der Waals surface area contributed by atoms with Gasteiger partial charge >= 0.3 is 0 Å². The van der Waals surface area contributed by atoms with E-state index in [9.17, 15) is 13.9 Å². The lowest BCUT2D eigenvalue weighted by atomic mass is 10.0. The third kappa shape index (κ3) is 2.32. The lowest BCUT2D eigenvalue weighted by Gasteiger charge is -2.10. The quantitative estimate of drug-likeness (QED) is 0.757. The van der Waals surface area contributed by atoms with Crippen molar-refractivity contribution in [1.82, 2.24) is 0 Å². The predicted molar refractivity (Wildman–Crippen MR) is 76.1 cm³/mol. The van der Waals surface area contributed by atoms with Crippen LogP contribution in [0.3, 0.4) is 0 Å². The minimum atomic E-state index is -1.27. The summed E-state index contributed by atoms with van der Waals surface area (Å²) in [5.41, 5.74) is 1.87. The van der Waals surface area contributed by atoms with E-state index < -0.39 is 17.7 Å². The van der Waals surface area contributed by atoms with Crippen molar-refractivity contribution in [2.24, 2.45) is 0 Å². The summed E-state index contributed by atoms with van der Waals surface area (Å²) in [4.78, 5) is 0. The van der Waals surface area contributed by atoms with Crippen LogP contribution in [0.4, 0.5) is 8.78 Å².